The summed E-state index contributed by atoms with van der Waals surface area (Å²) in [5, 5.41) is 10.5. The summed E-state index contributed by atoms with van der Waals surface area (Å²) in [7, 11) is 0. The Morgan fingerprint density at radius 2 is 1.97 bits per heavy atom. The van der Waals surface area contributed by atoms with Crippen molar-refractivity contribution in [2.24, 2.45) is 4.99 Å². The first-order valence-corrected chi connectivity index (χ1v) is 9.43. The molecule has 0 amide bonds. The van der Waals surface area contributed by atoms with E-state index in [9.17, 15) is 9.90 Å². The van der Waals surface area contributed by atoms with E-state index in [0.29, 0.717) is 5.69 Å². The number of benzene rings is 2. The lowest BCUT2D eigenvalue weighted by Gasteiger charge is -2.10. The zero-order valence-electron chi connectivity index (χ0n) is 15.9. The van der Waals surface area contributed by atoms with Crippen LogP contribution in [0.2, 0.25) is 5.02 Å². The molecule has 0 unspecified atom stereocenters. The number of nitrogens with zero attached hydrogens (tertiary/aromatic N) is 3. The fraction of sp³-hybridized carbons (Fsp3) is 0.0870. The molecule has 0 atom stereocenters. The van der Waals surface area contributed by atoms with Gasteiger partial charge in [0.2, 0.25) is 0 Å². The molecule has 0 aliphatic carbocycles. The Morgan fingerprint density at radius 3 is 2.76 bits per heavy atom. The van der Waals surface area contributed by atoms with Gasteiger partial charge in [-0.05, 0) is 62.4 Å². The van der Waals surface area contributed by atoms with Crippen LogP contribution >= 0.6 is 11.6 Å². The molecule has 4 aromatic rings. The third-order valence-corrected chi connectivity index (χ3v) is 5.18. The summed E-state index contributed by atoms with van der Waals surface area (Å²) < 4.78 is 2.17. The molecule has 0 spiro atoms. The van der Waals surface area contributed by atoms with Gasteiger partial charge in [-0.2, -0.15) is 0 Å². The molecule has 2 heterocycles. The monoisotopic (exact) mass is 403 g/mol. The second kappa shape index (κ2) is 7.53. The first-order chi connectivity index (χ1) is 13.9. The number of aryl methyl sites for hydroxylation is 1. The number of hydrogen-bond donors (Lipinski definition) is 1. The molecule has 0 radical (unpaired) electrons. The highest BCUT2D eigenvalue weighted by Crippen LogP contribution is 2.25. The van der Waals surface area contributed by atoms with E-state index in [0.717, 1.165) is 33.5 Å². The van der Waals surface area contributed by atoms with E-state index in [1.807, 2.05) is 32.0 Å². The van der Waals surface area contributed by atoms with Crippen molar-refractivity contribution in [1.29, 1.82) is 0 Å². The van der Waals surface area contributed by atoms with Crippen LogP contribution in [0.3, 0.4) is 0 Å². The number of rotatable bonds is 4. The van der Waals surface area contributed by atoms with Crippen molar-refractivity contribution < 1.29 is 9.90 Å². The molecule has 0 saturated heterocycles. The van der Waals surface area contributed by atoms with Crippen LogP contribution in [0.4, 0.5) is 5.69 Å². The third-order valence-electron chi connectivity index (χ3n) is 4.85. The predicted octanol–water partition coefficient (Wildman–Crippen LogP) is 5.74. The van der Waals surface area contributed by atoms with Gasteiger partial charge in [0.15, 0.2) is 0 Å². The minimum absolute atomic E-state index is 0.0385. The lowest BCUT2D eigenvalue weighted by molar-refractivity contribution is 0.0697. The van der Waals surface area contributed by atoms with E-state index in [1.54, 1.807) is 24.5 Å². The van der Waals surface area contributed by atoms with Gasteiger partial charge in [-0.15, -0.1) is 0 Å². The van der Waals surface area contributed by atoms with Gasteiger partial charge < -0.3 is 9.67 Å². The van der Waals surface area contributed by atoms with Gasteiger partial charge in [-0.1, -0.05) is 17.7 Å². The molecule has 0 aliphatic rings. The van der Waals surface area contributed by atoms with Crippen molar-refractivity contribution >= 4 is 40.4 Å². The number of aliphatic imine (C=N–C) groups is 1. The molecule has 0 aliphatic heterocycles. The molecule has 29 heavy (non-hydrogen) atoms. The first kappa shape index (κ1) is 18.9. The quantitative estimate of drug-likeness (QED) is 0.441. The second-order valence-electron chi connectivity index (χ2n) is 6.77. The van der Waals surface area contributed by atoms with Gasteiger partial charge in [0.25, 0.3) is 0 Å². The van der Waals surface area contributed by atoms with Gasteiger partial charge in [-0.25, -0.2) is 4.79 Å². The van der Waals surface area contributed by atoms with E-state index < -0.39 is 5.97 Å². The summed E-state index contributed by atoms with van der Waals surface area (Å²) in [6.07, 6.45) is 3.53. The Bertz CT molecular complexity index is 1270. The highest BCUT2D eigenvalue weighted by atomic mass is 35.5. The topological polar surface area (TPSA) is 67.5 Å². The summed E-state index contributed by atoms with van der Waals surface area (Å²) in [6, 6.07) is 16.9. The van der Waals surface area contributed by atoms with Crippen molar-refractivity contribution in [3.05, 3.63) is 88.3 Å². The summed E-state index contributed by atoms with van der Waals surface area (Å²) >= 11 is 5.93. The van der Waals surface area contributed by atoms with Crippen molar-refractivity contribution in [2.45, 2.75) is 13.8 Å². The van der Waals surface area contributed by atoms with Crippen LogP contribution < -0.4 is 0 Å². The van der Waals surface area contributed by atoms with Gasteiger partial charge in [-0.3, -0.25) is 9.98 Å². The Labute approximate surface area is 172 Å². The molecule has 6 heteroatoms. The molecule has 144 valence electrons. The van der Waals surface area contributed by atoms with Crippen molar-refractivity contribution in [3.63, 3.8) is 0 Å². The van der Waals surface area contributed by atoms with Crippen LogP contribution in [0.25, 0.3) is 16.6 Å². The van der Waals surface area contributed by atoms with Gasteiger partial charge in [0, 0.05) is 40.4 Å². The summed E-state index contributed by atoms with van der Waals surface area (Å²) in [4.78, 5) is 20.1. The molecule has 4 rings (SSSR count). The van der Waals surface area contributed by atoms with Gasteiger partial charge >= 0.3 is 5.97 Å². The number of carboxylic acids is 1. The Kier molecular flexibility index (Phi) is 4.91. The summed E-state index contributed by atoms with van der Waals surface area (Å²) in [6.45, 7) is 4.08. The number of hydrogen-bond acceptors (Lipinski definition) is 3. The summed E-state index contributed by atoms with van der Waals surface area (Å²) in [5.41, 5.74) is 5.67. The maximum Gasteiger partial charge on any atom is 0.337 e. The highest BCUT2D eigenvalue weighted by molar-refractivity contribution is 6.33. The standard InChI is InChI=1S/C23H18ClN3O2/c1-14-10-17(13-26-18-5-7-21(24)20(12-18)23(28)29)15(2)27(14)19-6-8-22-16(11-19)4-3-9-25-22/h3-13H,1-2H3,(H,28,29). The molecular formula is C23H18ClN3O2. The average molecular weight is 404 g/mol. The Morgan fingerprint density at radius 1 is 1.14 bits per heavy atom. The van der Waals surface area contributed by atoms with E-state index in [4.69, 9.17) is 11.6 Å². The lowest BCUT2D eigenvalue weighted by Crippen LogP contribution is -1.99. The van der Waals surface area contributed by atoms with Crippen LogP contribution in [0.1, 0.15) is 27.3 Å². The number of carboxylic acid groups (broad SMARTS) is 1. The number of halogens is 1. The molecule has 0 bridgehead atoms. The SMILES string of the molecule is Cc1cc(C=Nc2ccc(Cl)c(C(=O)O)c2)c(C)n1-c1ccc2ncccc2c1. The summed E-state index contributed by atoms with van der Waals surface area (Å²) in [5.74, 6) is -1.07. The number of pyridine rings is 1. The second-order valence-corrected chi connectivity index (χ2v) is 7.18. The number of fused-ring (bicyclic) bond motifs is 1. The Hall–Kier alpha value is -3.44. The average Bonchev–Trinajstić information content (AvgIpc) is 3.00. The van der Waals surface area contributed by atoms with Crippen molar-refractivity contribution in [2.75, 3.05) is 0 Å². The fourth-order valence-corrected chi connectivity index (χ4v) is 3.62. The maximum atomic E-state index is 11.3. The maximum absolute atomic E-state index is 11.3. The van der Waals surface area contributed by atoms with Crippen molar-refractivity contribution in [3.8, 4) is 5.69 Å². The van der Waals surface area contributed by atoms with Gasteiger partial charge in [0.1, 0.15) is 0 Å². The lowest BCUT2D eigenvalue weighted by atomic mass is 10.2. The zero-order chi connectivity index (χ0) is 20.5. The molecule has 0 saturated carbocycles. The van der Waals surface area contributed by atoms with Gasteiger partial charge in [0.05, 0.1) is 21.8 Å². The zero-order valence-corrected chi connectivity index (χ0v) is 16.7. The number of carbonyl (C=O) groups is 1. The minimum Gasteiger partial charge on any atom is -0.478 e. The molecule has 2 aromatic heterocycles. The van der Waals surface area contributed by atoms with Crippen LogP contribution in [0.5, 0.6) is 0 Å². The smallest absolute Gasteiger partial charge is 0.337 e. The predicted molar refractivity (Wildman–Crippen MR) is 116 cm³/mol. The number of aromatic nitrogens is 2. The van der Waals surface area contributed by atoms with Crippen molar-refractivity contribution in [1.82, 2.24) is 9.55 Å². The molecular weight excluding hydrogens is 386 g/mol. The van der Waals surface area contributed by atoms with Crippen LogP contribution in [-0.4, -0.2) is 26.8 Å². The molecule has 5 nitrogen and oxygen atoms in total. The van der Waals surface area contributed by atoms with E-state index in [2.05, 4.69) is 32.7 Å². The number of aromatic carboxylic acids is 1. The van der Waals surface area contributed by atoms with E-state index in [1.165, 1.54) is 6.07 Å². The van der Waals surface area contributed by atoms with E-state index >= 15 is 0 Å². The third kappa shape index (κ3) is 3.65. The minimum atomic E-state index is -1.07. The molecule has 2 aromatic carbocycles. The van der Waals surface area contributed by atoms with Crippen LogP contribution in [-0.2, 0) is 0 Å². The van der Waals surface area contributed by atoms with E-state index in [-0.39, 0.29) is 10.6 Å². The molecule has 0 fully saturated rings. The largest absolute Gasteiger partial charge is 0.478 e. The highest BCUT2D eigenvalue weighted by Gasteiger charge is 2.11. The van der Waals surface area contributed by atoms with Crippen LogP contribution in [0.15, 0.2) is 65.8 Å². The normalized spacial score (nSPS) is 11.4. The fourth-order valence-electron chi connectivity index (χ4n) is 3.42. The van der Waals surface area contributed by atoms with Crippen LogP contribution in [0, 0.1) is 13.8 Å². The molecule has 1 N–H and O–H groups in total. The first-order valence-electron chi connectivity index (χ1n) is 9.05. The Balaban J connectivity index is 1.71.